The summed E-state index contributed by atoms with van der Waals surface area (Å²) in [5.41, 5.74) is 1.88. The Morgan fingerprint density at radius 2 is 2.26 bits per heavy atom. The van der Waals surface area contributed by atoms with Gasteiger partial charge in [-0.25, -0.2) is 4.68 Å². The van der Waals surface area contributed by atoms with Crippen LogP contribution >= 0.6 is 27.5 Å². The van der Waals surface area contributed by atoms with Gasteiger partial charge < -0.3 is 5.32 Å². The molecule has 2 aromatic rings. The van der Waals surface area contributed by atoms with Gasteiger partial charge in [0.05, 0.1) is 17.6 Å². The summed E-state index contributed by atoms with van der Waals surface area (Å²) in [5, 5.41) is 12.4. The van der Waals surface area contributed by atoms with E-state index in [1.54, 1.807) is 4.68 Å². The zero-order chi connectivity index (χ0) is 13.2. The highest BCUT2D eigenvalue weighted by Crippen LogP contribution is 2.27. The molecule has 0 saturated heterocycles. The molecule has 1 aromatic carbocycles. The molecule has 0 unspecified atom stereocenters. The quantitative estimate of drug-likeness (QED) is 0.908. The number of nitrogens with zero attached hydrogens (tertiary/aromatic N) is 3. The van der Waals surface area contributed by atoms with Gasteiger partial charge in [-0.05, 0) is 59.4 Å². The molecule has 0 radical (unpaired) electrons. The van der Waals surface area contributed by atoms with Gasteiger partial charge in [-0.1, -0.05) is 16.8 Å². The molecule has 6 heteroatoms. The van der Waals surface area contributed by atoms with E-state index >= 15 is 0 Å². The Morgan fingerprint density at radius 1 is 1.42 bits per heavy atom. The Hall–Kier alpha value is -0.910. The summed E-state index contributed by atoms with van der Waals surface area (Å²) in [6.45, 7) is 1.85. The smallest absolute Gasteiger partial charge is 0.0969 e. The maximum Gasteiger partial charge on any atom is 0.0969 e. The molecule has 0 spiro atoms. The zero-order valence-corrected chi connectivity index (χ0v) is 12.7. The maximum absolute atomic E-state index is 5.93. The Bertz CT molecular complexity index is 580. The van der Waals surface area contributed by atoms with Gasteiger partial charge in [-0.15, -0.1) is 5.10 Å². The number of aromatic nitrogens is 3. The fourth-order valence-electron chi connectivity index (χ4n) is 1.89. The van der Waals surface area contributed by atoms with Crippen molar-refractivity contribution in [2.75, 3.05) is 6.54 Å². The molecule has 100 valence electrons. The predicted octanol–water partition coefficient (Wildman–Crippen LogP) is 3.18. The van der Waals surface area contributed by atoms with E-state index in [9.17, 15) is 0 Å². The lowest BCUT2D eigenvalue weighted by molar-refractivity contribution is 0.628. The van der Waals surface area contributed by atoms with Gasteiger partial charge in [-0.2, -0.15) is 0 Å². The van der Waals surface area contributed by atoms with Crippen molar-refractivity contribution in [3.63, 3.8) is 0 Å². The second-order valence-electron chi connectivity index (χ2n) is 4.82. The Kier molecular flexibility index (Phi) is 3.86. The minimum absolute atomic E-state index is 0.696. The maximum atomic E-state index is 5.93. The van der Waals surface area contributed by atoms with Crippen LogP contribution in [0.25, 0.3) is 5.69 Å². The van der Waals surface area contributed by atoms with Crippen molar-refractivity contribution in [1.82, 2.24) is 20.3 Å². The molecule has 0 atom stereocenters. The van der Waals surface area contributed by atoms with E-state index < -0.39 is 0 Å². The van der Waals surface area contributed by atoms with Gasteiger partial charge in [0.25, 0.3) is 0 Å². The highest BCUT2D eigenvalue weighted by Gasteiger charge is 2.20. The number of hydrogen-bond donors (Lipinski definition) is 1. The Balaban J connectivity index is 1.68. The standard InChI is InChI=1S/C13H14BrClN4/c14-12-5-10(15)3-4-13(12)19-8-11(17-18-19)7-16-6-9-1-2-9/h3-5,8-9,16H,1-2,6-7H2. The van der Waals surface area contributed by atoms with Crippen LogP contribution in [0.4, 0.5) is 0 Å². The summed E-state index contributed by atoms with van der Waals surface area (Å²) in [7, 11) is 0. The van der Waals surface area contributed by atoms with Crippen LogP contribution in [-0.4, -0.2) is 21.5 Å². The van der Waals surface area contributed by atoms with Crippen molar-refractivity contribution in [3.8, 4) is 5.69 Å². The highest BCUT2D eigenvalue weighted by atomic mass is 79.9. The molecule has 0 amide bonds. The van der Waals surface area contributed by atoms with Gasteiger partial charge in [-0.3, -0.25) is 0 Å². The average molecular weight is 342 g/mol. The van der Waals surface area contributed by atoms with E-state index in [-0.39, 0.29) is 0 Å². The van der Waals surface area contributed by atoms with Crippen LogP contribution in [0.5, 0.6) is 0 Å². The van der Waals surface area contributed by atoms with Gasteiger partial charge in [0.1, 0.15) is 0 Å². The molecule has 0 bridgehead atoms. The van der Waals surface area contributed by atoms with Crippen LogP contribution in [0.1, 0.15) is 18.5 Å². The molecule has 1 fully saturated rings. The molecule has 1 N–H and O–H groups in total. The second kappa shape index (κ2) is 5.61. The Labute approximate surface area is 125 Å². The van der Waals surface area contributed by atoms with E-state index in [0.29, 0.717) is 5.02 Å². The first-order valence-electron chi connectivity index (χ1n) is 6.30. The molecule has 1 heterocycles. The predicted molar refractivity (Wildman–Crippen MR) is 78.5 cm³/mol. The number of rotatable bonds is 5. The first kappa shape index (κ1) is 13.1. The molecule has 19 heavy (non-hydrogen) atoms. The molecule has 1 aliphatic carbocycles. The van der Waals surface area contributed by atoms with Gasteiger partial charge in [0.15, 0.2) is 0 Å². The highest BCUT2D eigenvalue weighted by molar-refractivity contribution is 9.10. The first-order chi connectivity index (χ1) is 9.22. The third-order valence-corrected chi connectivity index (χ3v) is 4.00. The zero-order valence-electron chi connectivity index (χ0n) is 10.3. The lowest BCUT2D eigenvalue weighted by atomic mass is 10.3. The molecular weight excluding hydrogens is 328 g/mol. The van der Waals surface area contributed by atoms with Crippen LogP contribution in [0, 0.1) is 5.92 Å². The van der Waals surface area contributed by atoms with Crippen LogP contribution < -0.4 is 5.32 Å². The number of benzene rings is 1. The normalized spacial score (nSPS) is 14.8. The number of nitrogens with one attached hydrogen (secondary N) is 1. The third kappa shape index (κ3) is 3.35. The summed E-state index contributed by atoms with van der Waals surface area (Å²) < 4.78 is 2.66. The second-order valence-corrected chi connectivity index (χ2v) is 6.12. The van der Waals surface area contributed by atoms with Crippen molar-refractivity contribution in [2.45, 2.75) is 19.4 Å². The number of hydrogen-bond acceptors (Lipinski definition) is 3. The number of halogens is 2. The summed E-state index contributed by atoms with van der Waals surface area (Å²) in [4.78, 5) is 0. The SMILES string of the molecule is Clc1ccc(-n2cc(CNCC3CC3)nn2)c(Br)c1. The van der Waals surface area contributed by atoms with E-state index in [1.165, 1.54) is 12.8 Å². The average Bonchev–Trinajstić information content (AvgIpc) is 3.07. The van der Waals surface area contributed by atoms with E-state index in [0.717, 1.165) is 34.9 Å². The minimum atomic E-state index is 0.696. The van der Waals surface area contributed by atoms with E-state index in [2.05, 4.69) is 31.6 Å². The van der Waals surface area contributed by atoms with Crippen LogP contribution in [-0.2, 0) is 6.54 Å². The third-order valence-electron chi connectivity index (χ3n) is 3.13. The summed E-state index contributed by atoms with van der Waals surface area (Å²) in [6.07, 6.45) is 4.66. The van der Waals surface area contributed by atoms with Crippen LogP contribution in [0.15, 0.2) is 28.9 Å². The monoisotopic (exact) mass is 340 g/mol. The topological polar surface area (TPSA) is 42.7 Å². The lowest BCUT2D eigenvalue weighted by Crippen LogP contribution is -2.16. The minimum Gasteiger partial charge on any atom is -0.311 e. The van der Waals surface area contributed by atoms with Crippen molar-refractivity contribution in [1.29, 1.82) is 0 Å². The molecule has 1 saturated carbocycles. The van der Waals surface area contributed by atoms with E-state index in [4.69, 9.17) is 11.6 Å². The van der Waals surface area contributed by atoms with Crippen LogP contribution in [0.3, 0.4) is 0 Å². The van der Waals surface area contributed by atoms with Crippen molar-refractivity contribution < 1.29 is 0 Å². The molecule has 0 aliphatic heterocycles. The summed E-state index contributed by atoms with van der Waals surface area (Å²) in [5.74, 6) is 0.875. The van der Waals surface area contributed by atoms with Crippen molar-refractivity contribution in [3.05, 3.63) is 39.6 Å². The van der Waals surface area contributed by atoms with Gasteiger partial charge in [0, 0.05) is 16.0 Å². The summed E-state index contributed by atoms with van der Waals surface area (Å²) in [6, 6.07) is 5.61. The molecular formula is C13H14BrClN4. The van der Waals surface area contributed by atoms with Crippen LogP contribution in [0.2, 0.25) is 5.02 Å². The molecule has 1 aromatic heterocycles. The van der Waals surface area contributed by atoms with Gasteiger partial charge >= 0.3 is 0 Å². The largest absolute Gasteiger partial charge is 0.311 e. The van der Waals surface area contributed by atoms with Gasteiger partial charge in [0.2, 0.25) is 0 Å². The van der Waals surface area contributed by atoms with Crippen molar-refractivity contribution in [2.24, 2.45) is 5.92 Å². The fourth-order valence-corrected chi connectivity index (χ4v) is 2.75. The lowest BCUT2D eigenvalue weighted by Gasteiger charge is -2.03. The first-order valence-corrected chi connectivity index (χ1v) is 7.47. The Morgan fingerprint density at radius 3 is 3.00 bits per heavy atom. The fraction of sp³-hybridized carbons (Fsp3) is 0.385. The molecule has 3 rings (SSSR count). The molecule has 1 aliphatic rings. The molecule has 4 nitrogen and oxygen atoms in total. The summed E-state index contributed by atoms with van der Waals surface area (Å²) >= 11 is 9.41. The van der Waals surface area contributed by atoms with E-state index in [1.807, 2.05) is 24.4 Å². The van der Waals surface area contributed by atoms with Crippen molar-refractivity contribution >= 4 is 27.5 Å².